The van der Waals surface area contributed by atoms with E-state index in [2.05, 4.69) is 26.6 Å². The number of nitrogens with two attached hydrogens (primary N) is 1. The Morgan fingerprint density at radius 1 is 1.00 bits per heavy atom. The van der Waals surface area contributed by atoms with Crippen molar-refractivity contribution in [3.63, 3.8) is 0 Å². The first-order valence-corrected chi connectivity index (χ1v) is 12.2. The second-order valence-corrected chi connectivity index (χ2v) is 11.0. The van der Waals surface area contributed by atoms with Crippen molar-refractivity contribution >= 4 is 91.2 Å². The molecule has 0 radical (unpaired) electrons. The van der Waals surface area contributed by atoms with E-state index in [1.165, 1.54) is 18.2 Å². The van der Waals surface area contributed by atoms with Crippen molar-refractivity contribution in [2.45, 2.75) is 10.3 Å². The van der Waals surface area contributed by atoms with Crippen LogP contribution in [0, 0.1) is 17.6 Å². The van der Waals surface area contributed by atoms with Gasteiger partial charge in [-0.25, -0.2) is 8.78 Å². The molecule has 1 aliphatic carbocycles. The number of amides is 2. The van der Waals surface area contributed by atoms with Gasteiger partial charge in [0.2, 0.25) is 5.91 Å². The summed E-state index contributed by atoms with van der Waals surface area (Å²) in [7, 11) is 0. The number of nitrogens with one attached hydrogen (secondary N) is 2. The average molecular weight is 624 g/mol. The number of halogens is 7. The van der Waals surface area contributed by atoms with Crippen LogP contribution in [0.25, 0.3) is 0 Å². The van der Waals surface area contributed by atoms with Gasteiger partial charge >= 0.3 is 0 Å². The van der Waals surface area contributed by atoms with Gasteiger partial charge in [-0.2, -0.15) is 0 Å². The highest BCUT2D eigenvalue weighted by Crippen LogP contribution is 2.65. The third-order valence-electron chi connectivity index (χ3n) is 5.43. The number of carbonyl (C=O) groups is 2. The van der Waals surface area contributed by atoms with Crippen molar-refractivity contribution in [1.29, 1.82) is 0 Å². The Morgan fingerprint density at radius 3 is 2.40 bits per heavy atom. The number of hydrogen-bond acceptors (Lipinski definition) is 3. The molecule has 0 aliphatic heterocycles. The van der Waals surface area contributed by atoms with Crippen LogP contribution in [0.4, 0.5) is 25.8 Å². The lowest BCUT2D eigenvalue weighted by molar-refractivity contribution is -0.117. The average Bonchev–Trinajstić information content (AvgIpc) is 3.36. The molecule has 3 aromatic carbocycles. The molecule has 1 saturated carbocycles. The summed E-state index contributed by atoms with van der Waals surface area (Å²) < 4.78 is 26.9. The number of benzene rings is 3. The van der Waals surface area contributed by atoms with E-state index >= 15 is 0 Å². The predicted octanol–water partition coefficient (Wildman–Crippen LogP) is 7.39. The molecule has 0 bridgehead atoms. The summed E-state index contributed by atoms with van der Waals surface area (Å²) in [6.07, 6.45) is 0. The maximum atomic E-state index is 14.2. The monoisotopic (exact) mass is 621 g/mol. The van der Waals surface area contributed by atoms with E-state index in [9.17, 15) is 18.4 Å². The third-order valence-corrected chi connectivity index (χ3v) is 7.38. The Bertz CT molecular complexity index is 1350. The smallest absolute Gasteiger partial charge is 0.257 e. The minimum atomic E-state index is -1.36. The lowest BCUT2D eigenvalue weighted by atomic mass is 10.1. The molecule has 35 heavy (non-hydrogen) atoms. The van der Waals surface area contributed by atoms with Gasteiger partial charge < -0.3 is 16.4 Å². The molecule has 0 spiro atoms. The Morgan fingerprint density at radius 2 is 1.71 bits per heavy atom. The third kappa shape index (κ3) is 5.22. The van der Waals surface area contributed by atoms with E-state index < -0.39 is 45.3 Å². The number of carbonyl (C=O) groups excluding carboxylic acids is 2. The fourth-order valence-electron chi connectivity index (χ4n) is 3.68. The van der Waals surface area contributed by atoms with Crippen molar-refractivity contribution in [1.82, 2.24) is 0 Å². The van der Waals surface area contributed by atoms with Crippen molar-refractivity contribution in [2.24, 2.45) is 5.92 Å². The van der Waals surface area contributed by atoms with E-state index in [1.807, 2.05) is 0 Å². The van der Waals surface area contributed by atoms with Gasteiger partial charge in [-0.3, -0.25) is 9.59 Å². The summed E-state index contributed by atoms with van der Waals surface area (Å²) in [4.78, 5) is 25.7. The molecule has 5 nitrogen and oxygen atoms in total. The van der Waals surface area contributed by atoms with E-state index in [0.717, 1.165) is 12.1 Å². The zero-order chi connectivity index (χ0) is 25.7. The fourth-order valence-corrected chi connectivity index (χ4v) is 5.59. The second-order valence-electron chi connectivity index (χ2n) is 7.79. The molecule has 0 unspecified atom stereocenters. The quantitative estimate of drug-likeness (QED) is 0.205. The standard InChI is InChI=1S/C23H14BrCl4F2N3O2/c24-10-5-9(6-11(25)7-10)17-18(23(17,27)28)22(35)32-12-1-2-14(26)13(8-12)21(34)33-16-4-3-15(29)20(31)19(16)30/h1-8,17-18H,31H2,(H,32,35)(H,33,34)/t17-,18+/m0/s1. The summed E-state index contributed by atoms with van der Waals surface area (Å²) in [6, 6.07) is 11.3. The maximum Gasteiger partial charge on any atom is 0.257 e. The molecule has 0 heterocycles. The lowest BCUT2D eigenvalue weighted by Gasteiger charge is -2.11. The van der Waals surface area contributed by atoms with E-state index in [-0.39, 0.29) is 22.0 Å². The van der Waals surface area contributed by atoms with Crippen molar-refractivity contribution in [3.05, 3.63) is 85.8 Å². The largest absolute Gasteiger partial charge is 0.394 e. The molecule has 4 N–H and O–H groups in total. The van der Waals surface area contributed by atoms with Crippen LogP contribution in [-0.4, -0.2) is 16.1 Å². The Kier molecular flexibility index (Phi) is 7.23. The summed E-state index contributed by atoms with van der Waals surface area (Å²) in [5.41, 5.74) is 5.11. The molecule has 3 aromatic rings. The fraction of sp³-hybridized carbons (Fsp3) is 0.130. The topological polar surface area (TPSA) is 84.2 Å². The van der Waals surface area contributed by atoms with Crippen molar-refractivity contribution in [3.8, 4) is 0 Å². The lowest BCUT2D eigenvalue weighted by Crippen LogP contribution is -2.18. The Balaban J connectivity index is 1.52. The molecule has 182 valence electrons. The minimum absolute atomic E-state index is 0.0353. The molecular weight excluding hydrogens is 610 g/mol. The molecule has 0 saturated heterocycles. The van der Waals surface area contributed by atoms with Crippen LogP contribution in [0.15, 0.2) is 53.0 Å². The number of nitrogen functional groups attached to an aromatic ring is 1. The van der Waals surface area contributed by atoms with Gasteiger partial charge in [-0.05, 0) is 54.1 Å². The number of hydrogen-bond donors (Lipinski definition) is 3. The first-order chi connectivity index (χ1) is 16.4. The van der Waals surface area contributed by atoms with Gasteiger partial charge in [-0.1, -0.05) is 39.1 Å². The number of alkyl halides is 2. The van der Waals surface area contributed by atoms with E-state index in [1.54, 1.807) is 18.2 Å². The second kappa shape index (κ2) is 9.75. The molecule has 1 aliphatic rings. The van der Waals surface area contributed by atoms with Crippen LogP contribution in [0.2, 0.25) is 10.0 Å². The molecule has 2 amide bonds. The molecular formula is C23H14BrCl4F2N3O2. The molecule has 0 aromatic heterocycles. The van der Waals surface area contributed by atoms with Gasteiger partial charge in [0.15, 0.2) is 5.82 Å². The van der Waals surface area contributed by atoms with Crippen molar-refractivity contribution in [2.75, 3.05) is 16.4 Å². The van der Waals surface area contributed by atoms with Crippen LogP contribution in [-0.2, 0) is 4.79 Å². The SMILES string of the molecule is Nc1c(F)ccc(NC(=O)c2cc(NC(=O)[C@H]3[C@H](c4cc(Cl)cc(Br)c4)C3(Cl)Cl)ccc2Cl)c1F. The predicted molar refractivity (Wildman–Crippen MR) is 139 cm³/mol. The maximum absolute atomic E-state index is 14.2. The van der Waals surface area contributed by atoms with Gasteiger partial charge in [0, 0.05) is 21.1 Å². The highest BCUT2D eigenvalue weighted by atomic mass is 79.9. The Hall–Kier alpha value is -2.10. The summed E-state index contributed by atoms with van der Waals surface area (Å²) in [6.45, 7) is 0. The van der Waals surface area contributed by atoms with Crippen LogP contribution >= 0.6 is 62.3 Å². The first kappa shape index (κ1) is 26.0. The van der Waals surface area contributed by atoms with Gasteiger partial charge in [-0.15, -0.1) is 23.2 Å². The van der Waals surface area contributed by atoms with E-state index in [0.29, 0.717) is 15.1 Å². The van der Waals surface area contributed by atoms with Gasteiger partial charge in [0.05, 0.1) is 22.2 Å². The van der Waals surface area contributed by atoms with E-state index in [4.69, 9.17) is 52.1 Å². The molecule has 12 heteroatoms. The zero-order valence-electron chi connectivity index (χ0n) is 17.3. The van der Waals surface area contributed by atoms with Crippen molar-refractivity contribution < 1.29 is 18.4 Å². The zero-order valence-corrected chi connectivity index (χ0v) is 21.9. The summed E-state index contributed by atoms with van der Waals surface area (Å²) in [5, 5.41) is 5.45. The molecule has 4 rings (SSSR count). The molecule has 2 atom stereocenters. The minimum Gasteiger partial charge on any atom is -0.394 e. The van der Waals surface area contributed by atoms with Crippen LogP contribution in [0.1, 0.15) is 21.8 Å². The normalized spacial score (nSPS) is 18.1. The molecule has 1 fully saturated rings. The summed E-state index contributed by atoms with van der Waals surface area (Å²) >= 11 is 28.4. The van der Waals surface area contributed by atoms with Gasteiger partial charge in [0.1, 0.15) is 15.8 Å². The highest BCUT2D eigenvalue weighted by Gasteiger charge is 2.67. The number of rotatable bonds is 5. The Labute approximate surface area is 227 Å². The van der Waals surface area contributed by atoms with Crippen LogP contribution < -0.4 is 16.4 Å². The highest BCUT2D eigenvalue weighted by molar-refractivity contribution is 9.10. The van der Waals surface area contributed by atoms with Crippen LogP contribution in [0.3, 0.4) is 0 Å². The summed E-state index contributed by atoms with van der Waals surface area (Å²) in [5.74, 6) is -4.66. The van der Waals surface area contributed by atoms with Gasteiger partial charge in [0.25, 0.3) is 5.91 Å². The first-order valence-electron chi connectivity index (χ1n) is 9.89. The van der Waals surface area contributed by atoms with Crippen LogP contribution in [0.5, 0.6) is 0 Å². The number of anilines is 3.